The number of hydrogen-bond acceptors (Lipinski definition) is 2. The van der Waals surface area contributed by atoms with Gasteiger partial charge in [0.1, 0.15) is 10.7 Å². The van der Waals surface area contributed by atoms with Gasteiger partial charge in [-0.15, -0.1) is 11.6 Å². The number of benzene rings is 1. The summed E-state index contributed by atoms with van der Waals surface area (Å²) < 4.78 is 41.5. The quantitative estimate of drug-likeness (QED) is 0.715. The van der Waals surface area contributed by atoms with Gasteiger partial charge < -0.3 is 0 Å². The van der Waals surface area contributed by atoms with Gasteiger partial charge in [0.15, 0.2) is 0 Å². The molecule has 1 fully saturated rings. The highest BCUT2D eigenvalue weighted by Crippen LogP contribution is 2.30. The molecule has 3 nitrogen and oxygen atoms in total. The van der Waals surface area contributed by atoms with Crippen LogP contribution in [0.4, 0.5) is 4.39 Å². The largest absolute Gasteiger partial charge is 0.246 e. The fraction of sp³-hybridized carbons (Fsp3) is 0.571. The van der Waals surface area contributed by atoms with Crippen molar-refractivity contribution in [2.24, 2.45) is 5.92 Å². The van der Waals surface area contributed by atoms with Crippen LogP contribution in [-0.2, 0) is 15.9 Å². The molecule has 0 aliphatic carbocycles. The van der Waals surface area contributed by atoms with Crippen LogP contribution in [0.25, 0.3) is 0 Å². The monoisotopic (exact) mass is 397 g/mol. The van der Waals surface area contributed by atoms with Crippen molar-refractivity contribution in [1.29, 1.82) is 0 Å². The van der Waals surface area contributed by atoms with Crippen LogP contribution in [0.2, 0.25) is 0 Å². The topological polar surface area (TPSA) is 37.4 Å². The third-order valence-corrected chi connectivity index (χ3v) is 6.64. The molecule has 0 radical (unpaired) electrons. The summed E-state index contributed by atoms with van der Waals surface area (Å²) in [5, 5.41) is 0. The van der Waals surface area contributed by atoms with Crippen LogP contribution in [-0.4, -0.2) is 25.8 Å². The second-order valence-electron chi connectivity index (χ2n) is 5.27. The highest BCUT2D eigenvalue weighted by atomic mass is 79.9. The standard InChI is InChI=1S/C14H18BrClFNO2S/c1-2-10-3-5-18(6-4-10)21(19,20)13-8-12(15)7-11(9-16)14(13)17/h7-8,10H,2-6,9H2,1H3. The molecule has 0 unspecified atom stereocenters. The minimum absolute atomic E-state index is 0.0638. The van der Waals surface area contributed by atoms with Crippen molar-refractivity contribution in [3.63, 3.8) is 0 Å². The van der Waals surface area contributed by atoms with E-state index in [1.165, 1.54) is 16.4 Å². The maximum atomic E-state index is 14.3. The van der Waals surface area contributed by atoms with Gasteiger partial charge in [0.2, 0.25) is 10.0 Å². The van der Waals surface area contributed by atoms with E-state index in [-0.39, 0.29) is 16.3 Å². The third kappa shape index (κ3) is 3.60. The summed E-state index contributed by atoms with van der Waals surface area (Å²) in [7, 11) is -3.81. The summed E-state index contributed by atoms with van der Waals surface area (Å²) >= 11 is 8.90. The Kier molecular flexibility index (Phi) is 5.68. The first kappa shape index (κ1) is 17.2. The van der Waals surface area contributed by atoms with E-state index in [4.69, 9.17) is 11.6 Å². The Morgan fingerprint density at radius 1 is 1.38 bits per heavy atom. The minimum Gasteiger partial charge on any atom is -0.207 e. The molecule has 118 valence electrons. The number of piperidine rings is 1. The van der Waals surface area contributed by atoms with Crippen molar-refractivity contribution in [3.05, 3.63) is 28.0 Å². The molecule has 0 N–H and O–H groups in total. The molecule has 1 aliphatic rings. The van der Waals surface area contributed by atoms with Gasteiger partial charge in [-0.25, -0.2) is 12.8 Å². The van der Waals surface area contributed by atoms with Crippen LogP contribution in [0, 0.1) is 11.7 Å². The predicted molar refractivity (Wildman–Crippen MR) is 85.4 cm³/mol. The molecule has 1 aliphatic heterocycles. The Morgan fingerprint density at radius 3 is 2.52 bits per heavy atom. The highest BCUT2D eigenvalue weighted by molar-refractivity contribution is 9.10. The average molecular weight is 399 g/mol. The van der Waals surface area contributed by atoms with E-state index < -0.39 is 15.8 Å². The first-order chi connectivity index (χ1) is 9.90. The molecule has 21 heavy (non-hydrogen) atoms. The van der Waals surface area contributed by atoms with Gasteiger partial charge in [0.25, 0.3) is 0 Å². The molecule has 2 rings (SSSR count). The van der Waals surface area contributed by atoms with Crippen LogP contribution in [0.3, 0.4) is 0 Å². The lowest BCUT2D eigenvalue weighted by Gasteiger charge is -2.30. The van der Waals surface area contributed by atoms with Crippen LogP contribution in [0.5, 0.6) is 0 Å². The third-order valence-electron chi connectivity index (χ3n) is 3.99. The van der Waals surface area contributed by atoms with Crippen molar-refractivity contribution in [3.8, 4) is 0 Å². The van der Waals surface area contributed by atoms with Gasteiger partial charge in [-0.3, -0.25) is 0 Å². The molecule has 0 spiro atoms. The van der Waals surface area contributed by atoms with E-state index in [0.29, 0.717) is 23.5 Å². The number of hydrogen-bond donors (Lipinski definition) is 0. The Morgan fingerprint density at radius 2 is 2.00 bits per heavy atom. The Labute approximate surface area is 138 Å². The fourth-order valence-corrected chi connectivity index (χ4v) is 5.05. The predicted octanol–water partition coefficient (Wildman–Crippen LogP) is 4.14. The van der Waals surface area contributed by atoms with E-state index in [9.17, 15) is 12.8 Å². The molecule has 0 aromatic heterocycles. The lowest BCUT2D eigenvalue weighted by Crippen LogP contribution is -2.38. The summed E-state index contributed by atoms with van der Waals surface area (Å²) in [6.45, 7) is 3.00. The summed E-state index contributed by atoms with van der Waals surface area (Å²) in [5.41, 5.74) is 0.188. The van der Waals surface area contributed by atoms with Gasteiger partial charge in [-0.05, 0) is 30.9 Å². The van der Waals surface area contributed by atoms with Gasteiger partial charge in [-0.2, -0.15) is 4.31 Å². The average Bonchev–Trinajstić information content (AvgIpc) is 2.49. The van der Waals surface area contributed by atoms with Crippen molar-refractivity contribution < 1.29 is 12.8 Å². The maximum absolute atomic E-state index is 14.3. The van der Waals surface area contributed by atoms with Gasteiger partial charge >= 0.3 is 0 Å². The van der Waals surface area contributed by atoms with Crippen molar-refractivity contribution in [2.75, 3.05) is 13.1 Å². The molecular formula is C14H18BrClFNO2S. The minimum atomic E-state index is -3.81. The lowest BCUT2D eigenvalue weighted by molar-refractivity contribution is 0.268. The second kappa shape index (κ2) is 6.94. The Balaban J connectivity index is 2.34. The molecule has 1 saturated heterocycles. The molecule has 7 heteroatoms. The fourth-order valence-electron chi connectivity index (χ4n) is 2.60. The number of rotatable bonds is 4. The van der Waals surface area contributed by atoms with Crippen molar-refractivity contribution in [2.45, 2.75) is 37.0 Å². The van der Waals surface area contributed by atoms with Gasteiger partial charge in [-0.1, -0.05) is 29.3 Å². The van der Waals surface area contributed by atoms with E-state index in [2.05, 4.69) is 22.9 Å². The zero-order valence-corrected chi connectivity index (χ0v) is 14.9. The zero-order valence-electron chi connectivity index (χ0n) is 11.8. The van der Waals surface area contributed by atoms with E-state index >= 15 is 0 Å². The number of alkyl halides is 1. The number of nitrogens with zero attached hydrogens (tertiary/aromatic N) is 1. The smallest absolute Gasteiger partial charge is 0.207 e. The summed E-state index contributed by atoms with van der Waals surface area (Å²) in [4.78, 5) is -0.289. The molecule has 0 saturated carbocycles. The summed E-state index contributed by atoms with van der Waals surface area (Å²) in [6.07, 6.45) is 2.71. The maximum Gasteiger partial charge on any atom is 0.246 e. The second-order valence-corrected chi connectivity index (χ2v) is 8.36. The highest BCUT2D eigenvalue weighted by Gasteiger charge is 2.31. The van der Waals surface area contributed by atoms with E-state index in [1.54, 1.807) is 0 Å². The van der Waals surface area contributed by atoms with Crippen molar-refractivity contribution in [1.82, 2.24) is 4.31 Å². The number of sulfonamides is 1. The molecule has 0 atom stereocenters. The molecule has 1 heterocycles. The molecule has 0 bridgehead atoms. The Bertz CT molecular complexity index is 616. The summed E-state index contributed by atoms with van der Waals surface area (Å²) in [5.74, 6) is -0.251. The SMILES string of the molecule is CCC1CCN(S(=O)(=O)c2cc(Br)cc(CCl)c2F)CC1. The van der Waals surface area contributed by atoms with Crippen LogP contribution in [0.15, 0.2) is 21.5 Å². The molecule has 1 aromatic carbocycles. The Hall–Kier alpha value is -0.170. The molecule has 0 amide bonds. The first-order valence-electron chi connectivity index (χ1n) is 6.94. The molecular weight excluding hydrogens is 381 g/mol. The van der Waals surface area contributed by atoms with E-state index in [0.717, 1.165) is 19.3 Å². The lowest BCUT2D eigenvalue weighted by atomic mass is 9.96. The van der Waals surface area contributed by atoms with E-state index in [1.807, 2.05) is 0 Å². The summed E-state index contributed by atoms with van der Waals surface area (Å²) in [6, 6.07) is 2.82. The molecule has 1 aromatic rings. The van der Waals surface area contributed by atoms with Crippen LogP contribution in [0.1, 0.15) is 31.7 Å². The van der Waals surface area contributed by atoms with Crippen molar-refractivity contribution >= 4 is 37.6 Å². The van der Waals surface area contributed by atoms with Crippen LogP contribution < -0.4 is 0 Å². The van der Waals surface area contributed by atoms with Gasteiger partial charge in [0, 0.05) is 23.1 Å². The zero-order chi connectivity index (χ0) is 15.6. The number of halogens is 3. The normalized spacial score (nSPS) is 18.1. The first-order valence-corrected chi connectivity index (χ1v) is 9.71. The van der Waals surface area contributed by atoms with Gasteiger partial charge in [0.05, 0.1) is 5.88 Å². The van der Waals surface area contributed by atoms with Crippen LogP contribution >= 0.6 is 27.5 Å².